The Morgan fingerprint density at radius 1 is 0.528 bits per heavy atom. The van der Waals surface area contributed by atoms with E-state index >= 15 is 0 Å². The minimum absolute atomic E-state index is 0. The number of nitrogens with one attached hydrogen (secondary N) is 2. The summed E-state index contributed by atoms with van der Waals surface area (Å²) in [7, 11) is -14.7. The number of allylic oxidation sites excluding steroid dienone is 4. The molecule has 0 bridgehead atoms. The Morgan fingerprint density at radius 2 is 0.667 bits per heavy atom. The van der Waals surface area contributed by atoms with Crippen LogP contribution >= 0.6 is 15.6 Å². The predicted molar refractivity (Wildman–Crippen MR) is 117 cm³/mol. The summed E-state index contributed by atoms with van der Waals surface area (Å²) in [4.78, 5) is 7.20. The van der Waals surface area contributed by atoms with Crippen molar-refractivity contribution >= 4 is 27.0 Å². The first-order chi connectivity index (χ1) is 14.4. The number of nitrogens with zero attached hydrogens (tertiary/aromatic N) is 3. The first-order valence-corrected chi connectivity index (χ1v) is 13.2. The van der Waals surface area contributed by atoms with E-state index in [0.29, 0.717) is 0 Å². The van der Waals surface area contributed by atoms with E-state index in [9.17, 15) is 50.4 Å². The van der Waals surface area contributed by atoms with E-state index in [2.05, 4.69) is 35.8 Å². The van der Waals surface area contributed by atoms with Crippen molar-refractivity contribution in [1.82, 2.24) is 14.7 Å². The van der Waals surface area contributed by atoms with Crippen molar-refractivity contribution in [2.45, 2.75) is 0 Å². The molecule has 4 N–H and O–H groups in total. The third-order valence-corrected chi connectivity index (χ3v) is 3.52. The molecule has 6 nitrogen and oxygen atoms in total. The quantitative estimate of drug-likeness (QED) is 0.126. The zero-order valence-electron chi connectivity index (χ0n) is 19.2. The van der Waals surface area contributed by atoms with Crippen molar-refractivity contribution in [1.29, 1.82) is 10.8 Å². The van der Waals surface area contributed by atoms with E-state index < -0.39 is 15.6 Å². The standard InChI is InChI=1S/C9H21N3.C6H6N2.2F6P.H2O.Ru/c1-10-4-6-11(2)8-9-12(3)7-5-10;7-5-3-1-2-4-6(5)8;2*1-7(2,3,4,5)6;;/h4-9H2,1-3H3;1-4,7-8H;;;1H2;/q;;2*-1;;+2. The minimum atomic E-state index is -10.7. The molecule has 1 aliphatic heterocycles. The maximum atomic E-state index is 9.87. The smallest absolute Gasteiger partial charge is 0.412 e. The molecule has 0 aromatic carbocycles. The average molecular weight is 686 g/mol. The SMILES string of the molecule is CN1CCN(C)CCN(C)CC1.F[P-](F)(F)(F)(F)F.F[P-](F)(F)(F)(F)F.N=C1C=CC=CC1=N.O.[Ru+2]. The Morgan fingerprint density at radius 3 is 0.778 bits per heavy atom. The molecule has 0 aromatic rings. The second kappa shape index (κ2) is 12.9. The van der Waals surface area contributed by atoms with E-state index in [1.807, 2.05) is 0 Å². The fraction of sp³-hybridized carbons (Fsp3) is 0.600. The summed E-state index contributed by atoms with van der Waals surface area (Å²) in [6.45, 7) is 7.19. The van der Waals surface area contributed by atoms with Gasteiger partial charge in [-0.2, -0.15) is 0 Å². The number of hydrogen-bond donors (Lipinski definition) is 2. The Bertz CT molecular complexity index is 663. The predicted octanol–water partition coefficient (Wildman–Crippen LogP) is 6.88. The fourth-order valence-electron chi connectivity index (χ4n) is 1.84. The van der Waals surface area contributed by atoms with Gasteiger partial charge in [0.2, 0.25) is 0 Å². The van der Waals surface area contributed by atoms with Gasteiger partial charge in [-0.3, -0.25) is 10.8 Å². The molecule has 0 unspecified atom stereocenters. The molecule has 0 spiro atoms. The topological polar surface area (TPSA) is 88.9 Å². The number of hydrogen-bond acceptors (Lipinski definition) is 5. The van der Waals surface area contributed by atoms with Crippen LogP contribution in [0.15, 0.2) is 24.3 Å². The summed E-state index contributed by atoms with van der Waals surface area (Å²) in [6.07, 6.45) is 6.70. The van der Waals surface area contributed by atoms with Crippen molar-refractivity contribution in [2.75, 3.05) is 60.4 Å². The molecule has 1 aliphatic carbocycles. The fourth-order valence-corrected chi connectivity index (χ4v) is 1.84. The third-order valence-electron chi connectivity index (χ3n) is 3.52. The van der Waals surface area contributed by atoms with E-state index in [1.54, 1.807) is 24.3 Å². The molecule has 2 aliphatic rings. The van der Waals surface area contributed by atoms with Crippen molar-refractivity contribution in [3.05, 3.63) is 24.3 Å². The van der Waals surface area contributed by atoms with Crippen LogP contribution in [0.5, 0.6) is 0 Å². The first-order valence-electron chi connectivity index (χ1n) is 9.09. The molecule has 1 saturated heterocycles. The summed E-state index contributed by atoms with van der Waals surface area (Å²) < 4.78 is 118. The largest absolute Gasteiger partial charge is 2.00 e. The maximum absolute atomic E-state index is 10.7. The van der Waals surface area contributed by atoms with E-state index in [4.69, 9.17) is 10.8 Å². The van der Waals surface area contributed by atoms with Gasteiger partial charge >= 0.3 is 85.5 Å². The van der Waals surface area contributed by atoms with Crippen LogP contribution in [0.25, 0.3) is 0 Å². The van der Waals surface area contributed by atoms with Gasteiger partial charge in [0, 0.05) is 39.3 Å². The van der Waals surface area contributed by atoms with Crippen molar-refractivity contribution in [3.8, 4) is 0 Å². The Hall–Kier alpha value is -0.697. The van der Waals surface area contributed by atoms with Gasteiger partial charge < -0.3 is 20.2 Å². The Kier molecular flexibility index (Phi) is 15.2. The van der Waals surface area contributed by atoms with Gasteiger partial charge in [0.25, 0.3) is 0 Å². The zero-order chi connectivity index (χ0) is 27.8. The summed E-state index contributed by atoms with van der Waals surface area (Å²) in [6, 6.07) is 0. The van der Waals surface area contributed by atoms with Crippen LogP contribution in [0, 0.1) is 10.8 Å². The van der Waals surface area contributed by atoms with Crippen LogP contribution in [-0.4, -0.2) is 92.0 Å². The van der Waals surface area contributed by atoms with Crippen LogP contribution in [0.2, 0.25) is 0 Å². The maximum Gasteiger partial charge on any atom is 2.00 e. The summed E-state index contributed by atoms with van der Waals surface area (Å²) in [5.74, 6) is 0. The summed E-state index contributed by atoms with van der Waals surface area (Å²) in [5.41, 5.74) is 0.569. The minimum Gasteiger partial charge on any atom is -0.412 e. The monoisotopic (exact) mass is 687 g/mol. The van der Waals surface area contributed by atoms with E-state index in [1.165, 1.54) is 39.3 Å². The summed E-state index contributed by atoms with van der Waals surface area (Å²) >= 11 is 0. The van der Waals surface area contributed by atoms with Crippen molar-refractivity contribution in [3.63, 3.8) is 0 Å². The second-order valence-corrected chi connectivity index (χ2v) is 11.2. The van der Waals surface area contributed by atoms with Gasteiger partial charge in [-0.05, 0) is 33.3 Å². The van der Waals surface area contributed by atoms with Gasteiger partial charge in [0.1, 0.15) is 0 Å². The molecule has 2 rings (SSSR count). The van der Waals surface area contributed by atoms with Crippen molar-refractivity contribution < 1.29 is 75.3 Å². The average Bonchev–Trinajstić information content (AvgIpc) is 2.59. The normalized spacial score (nSPS) is 21.6. The number of halogens is 12. The molecular formula is C15H29F12N5OP2Ru. The molecule has 222 valence electrons. The molecule has 36 heavy (non-hydrogen) atoms. The molecule has 1 fully saturated rings. The Balaban J connectivity index is -0.000000192. The van der Waals surface area contributed by atoms with E-state index in [0.717, 1.165) is 0 Å². The molecule has 0 saturated carbocycles. The van der Waals surface area contributed by atoms with Gasteiger partial charge in [-0.15, -0.1) is 0 Å². The van der Waals surface area contributed by atoms with Crippen LogP contribution in [0.4, 0.5) is 50.4 Å². The van der Waals surface area contributed by atoms with Gasteiger partial charge in [0.15, 0.2) is 0 Å². The molecule has 0 aromatic heterocycles. The summed E-state index contributed by atoms with van der Waals surface area (Å²) in [5, 5.41) is 14.1. The number of likely N-dealkylation sites (N-methyl/N-ethyl adjacent to an activating group) is 3. The molecule has 21 heteroatoms. The first kappa shape index (κ1) is 42.4. The molecular weight excluding hydrogens is 657 g/mol. The van der Waals surface area contributed by atoms with Gasteiger partial charge in [0.05, 0.1) is 11.4 Å². The third kappa shape index (κ3) is 54.3. The van der Waals surface area contributed by atoms with E-state index in [-0.39, 0.29) is 36.4 Å². The molecule has 0 radical (unpaired) electrons. The van der Waals surface area contributed by atoms with Crippen LogP contribution in [-0.2, 0) is 19.5 Å². The number of rotatable bonds is 0. The molecule has 0 atom stereocenters. The zero-order valence-corrected chi connectivity index (χ0v) is 22.7. The van der Waals surface area contributed by atoms with Crippen LogP contribution in [0.3, 0.4) is 0 Å². The van der Waals surface area contributed by atoms with Crippen LogP contribution in [0.1, 0.15) is 0 Å². The van der Waals surface area contributed by atoms with Gasteiger partial charge in [-0.1, -0.05) is 12.2 Å². The Labute approximate surface area is 212 Å². The van der Waals surface area contributed by atoms with Crippen molar-refractivity contribution in [2.24, 2.45) is 0 Å². The second-order valence-electron chi connectivity index (χ2n) is 7.37. The molecule has 0 amide bonds. The molecule has 1 heterocycles. The van der Waals surface area contributed by atoms with Crippen LogP contribution < -0.4 is 0 Å². The van der Waals surface area contributed by atoms with Gasteiger partial charge in [-0.25, -0.2) is 0 Å².